The first-order chi connectivity index (χ1) is 8.70. The topological polar surface area (TPSA) is 29.3 Å². The zero-order chi connectivity index (χ0) is 13.0. The largest absolute Gasteiger partial charge is 0.327 e. The molecule has 0 heterocycles. The molecule has 2 atom stereocenters. The van der Waals surface area contributed by atoms with Crippen LogP contribution in [0.3, 0.4) is 0 Å². The molecule has 0 aliphatic heterocycles. The van der Waals surface area contributed by atoms with E-state index in [9.17, 15) is 0 Å². The van der Waals surface area contributed by atoms with Crippen LogP contribution in [0.2, 0.25) is 0 Å². The first-order valence-electron chi connectivity index (χ1n) is 8.16. The molecule has 2 nitrogen and oxygen atoms in total. The van der Waals surface area contributed by atoms with Gasteiger partial charge < -0.3 is 10.6 Å². The summed E-state index contributed by atoms with van der Waals surface area (Å²) in [7, 11) is 2.33. The van der Waals surface area contributed by atoms with E-state index in [0.717, 1.165) is 17.9 Å². The zero-order valence-electron chi connectivity index (χ0n) is 12.4. The van der Waals surface area contributed by atoms with Gasteiger partial charge in [-0.2, -0.15) is 0 Å². The Bertz CT molecular complexity index is 233. The third-order valence-corrected chi connectivity index (χ3v) is 5.59. The van der Waals surface area contributed by atoms with E-state index in [1.165, 1.54) is 64.3 Å². The molecule has 2 aliphatic carbocycles. The SMILES string of the molecule is CCC1CCC(N(C)CCC2CCCC2N)CC1. The Morgan fingerprint density at radius 3 is 2.33 bits per heavy atom. The van der Waals surface area contributed by atoms with Gasteiger partial charge in [0.2, 0.25) is 0 Å². The number of nitrogens with two attached hydrogens (primary N) is 1. The van der Waals surface area contributed by atoms with Crippen LogP contribution >= 0.6 is 0 Å². The predicted molar refractivity (Wildman–Crippen MR) is 78.6 cm³/mol. The van der Waals surface area contributed by atoms with Gasteiger partial charge in [0.1, 0.15) is 0 Å². The van der Waals surface area contributed by atoms with Crippen molar-refractivity contribution in [3.8, 4) is 0 Å². The molecule has 2 fully saturated rings. The summed E-state index contributed by atoms with van der Waals surface area (Å²) in [5, 5.41) is 0. The van der Waals surface area contributed by atoms with Crippen LogP contribution in [0.5, 0.6) is 0 Å². The summed E-state index contributed by atoms with van der Waals surface area (Å²) in [5.74, 6) is 1.82. The molecule has 0 aromatic carbocycles. The third kappa shape index (κ3) is 3.71. The lowest BCUT2D eigenvalue weighted by molar-refractivity contribution is 0.154. The fourth-order valence-corrected chi connectivity index (χ4v) is 3.97. The number of nitrogens with zero attached hydrogens (tertiary/aromatic N) is 1. The summed E-state index contributed by atoms with van der Waals surface area (Å²) in [6.07, 6.45) is 12.4. The predicted octanol–water partition coefficient (Wildman–Crippen LogP) is 3.40. The fraction of sp³-hybridized carbons (Fsp3) is 1.00. The van der Waals surface area contributed by atoms with Crippen LogP contribution in [-0.4, -0.2) is 30.6 Å². The van der Waals surface area contributed by atoms with E-state index in [4.69, 9.17) is 5.73 Å². The fourth-order valence-electron chi connectivity index (χ4n) is 3.97. The van der Waals surface area contributed by atoms with E-state index in [2.05, 4.69) is 18.9 Å². The van der Waals surface area contributed by atoms with Crippen molar-refractivity contribution in [2.24, 2.45) is 17.6 Å². The molecule has 0 amide bonds. The van der Waals surface area contributed by atoms with Gasteiger partial charge in [-0.05, 0) is 70.4 Å². The molecule has 2 rings (SSSR count). The maximum absolute atomic E-state index is 6.16. The lowest BCUT2D eigenvalue weighted by Gasteiger charge is -2.35. The van der Waals surface area contributed by atoms with Crippen LogP contribution in [-0.2, 0) is 0 Å². The minimum atomic E-state index is 0.495. The van der Waals surface area contributed by atoms with Crippen molar-refractivity contribution >= 4 is 0 Å². The van der Waals surface area contributed by atoms with Gasteiger partial charge in [0, 0.05) is 12.1 Å². The lowest BCUT2D eigenvalue weighted by atomic mass is 9.84. The molecule has 0 aromatic rings. The van der Waals surface area contributed by atoms with E-state index in [-0.39, 0.29) is 0 Å². The zero-order valence-corrected chi connectivity index (χ0v) is 12.4. The number of hydrogen-bond donors (Lipinski definition) is 1. The molecule has 2 aliphatic rings. The molecule has 0 radical (unpaired) electrons. The van der Waals surface area contributed by atoms with Crippen LogP contribution in [0, 0.1) is 11.8 Å². The Hall–Kier alpha value is -0.0800. The van der Waals surface area contributed by atoms with Crippen molar-refractivity contribution in [2.75, 3.05) is 13.6 Å². The van der Waals surface area contributed by atoms with Gasteiger partial charge >= 0.3 is 0 Å². The minimum Gasteiger partial charge on any atom is -0.327 e. The van der Waals surface area contributed by atoms with Gasteiger partial charge in [-0.25, -0.2) is 0 Å². The Balaban J connectivity index is 1.67. The average molecular weight is 252 g/mol. The summed E-state index contributed by atoms with van der Waals surface area (Å²) in [6, 6.07) is 1.35. The smallest absolute Gasteiger partial charge is 0.00924 e. The highest BCUT2D eigenvalue weighted by Crippen LogP contribution is 2.30. The van der Waals surface area contributed by atoms with Crippen molar-refractivity contribution in [3.05, 3.63) is 0 Å². The van der Waals surface area contributed by atoms with Crippen molar-refractivity contribution in [2.45, 2.75) is 76.8 Å². The van der Waals surface area contributed by atoms with Crippen molar-refractivity contribution in [1.29, 1.82) is 0 Å². The molecule has 0 bridgehead atoms. The molecular weight excluding hydrogens is 220 g/mol. The molecule has 106 valence electrons. The molecule has 0 saturated heterocycles. The number of rotatable bonds is 5. The first kappa shape index (κ1) is 14.3. The van der Waals surface area contributed by atoms with Crippen LogP contribution in [0.4, 0.5) is 0 Å². The van der Waals surface area contributed by atoms with Gasteiger partial charge in [0.15, 0.2) is 0 Å². The Kier molecular flexibility index (Phi) is 5.50. The first-order valence-corrected chi connectivity index (χ1v) is 8.16. The van der Waals surface area contributed by atoms with E-state index >= 15 is 0 Å². The maximum atomic E-state index is 6.16. The summed E-state index contributed by atoms with van der Waals surface area (Å²) in [5.41, 5.74) is 6.16. The third-order valence-electron chi connectivity index (χ3n) is 5.59. The molecular formula is C16H32N2. The van der Waals surface area contributed by atoms with E-state index < -0.39 is 0 Å². The maximum Gasteiger partial charge on any atom is 0.00924 e. The molecule has 18 heavy (non-hydrogen) atoms. The standard InChI is InChI=1S/C16H32N2/c1-3-13-7-9-15(10-8-13)18(2)12-11-14-5-4-6-16(14)17/h13-16H,3-12,17H2,1-2H3. The average Bonchev–Trinajstić information content (AvgIpc) is 2.81. The van der Waals surface area contributed by atoms with Gasteiger partial charge in [-0.15, -0.1) is 0 Å². The number of hydrogen-bond acceptors (Lipinski definition) is 2. The molecule has 2 N–H and O–H groups in total. The Morgan fingerprint density at radius 2 is 1.78 bits per heavy atom. The Labute approximate surface area is 113 Å². The van der Waals surface area contributed by atoms with E-state index in [0.29, 0.717) is 6.04 Å². The second kappa shape index (κ2) is 6.91. The van der Waals surface area contributed by atoms with Gasteiger partial charge in [-0.3, -0.25) is 0 Å². The summed E-state index contributed by atoms with van der Waals surface area (Å²) < 4.78 is 0. The van der Waals surface area contributed by atoms with Crippen LogP contribution < -0.4 is 5.73 Å². The van der Waals surface area contributed by atoms with Gasteiger partial charge in [0.25, 0.3) is 0 Å². The monoisotopic (exact) mass is 252 g/mol. The highest BCUT2D eigenvalue weighted by molar-refractivity contribution is 4.82. The van der Waals surface area contributed by atoms with Crippen LogP contribution in [0.1, 0.15) is 64.7 Å². The van der Waals surface area contributed by atoms with E-state index in [1.807, 2.05) is 0 Å². The highest BCUT2D eigenvalue weighted by Gasteiger charge is 2.26. The van der Waals surface area contributed by atoms with Crippen LogP contribution in [0.25, 0.3) is 0 Å². The Morgan fingerprint density at radius 1 is 1.06 bits per heavy atom. The molecule has 0 aromatic heterocycles. The van der Waals surface area contributed by atoms with Crippen LogP contribution in [0.15, 0.2) is 0 Å². The van der Waals surface area contributed by atoms with Gasteiger partial charge in [-0.1, -0.05) is 19.8 Å². The minimum absolute atomic E-state index is 0.495. The van der Waals surface area contributed by atoms with Gasteiger partial charge in [0.05, 0.1) is 0 Å². The van der Waals surface area contributed by atoms with E-state index in [1.54, 1.807) is 0 Å². The summed E-state index contributed by atoms with van der Waals surface area (Å²) >= 11 is 0. The molecule has 2 saturated carbocycles. The van der Waals surface area contributed by atoms with Crippen molar-refractivity contribution in [1.82, 2.24) is 4.90 Å². The molecule has 0 spiro atoms. The second-order valence-corrected chi connectivity index (χ2v) is 6.71. The summed E-state index contributed by atoms with van der Waals surface area (Å²) in [4.78, 5) is 2.62. The second-order valence-electron chi connectivity index (χ2n) is 6.71. The normalized spacial score (nSPS) is 37.3. The quantitative estimate of drug-likeness (QED) is 0.812. The van der Waals surface area contributed by atoms with Crippen molar-refractivity contribution in [3.63, 3.8) is 0 Å². The summed E-state index contributed by atoms with van der Waals surface area (Å²) in [6.45, 7) is 3.61. The van der Waals surface area contributed by atoms with Crippen molar-refractivity contribution < 1.29 is 0 Å². The lowest BCUT2D eigenvalue weighted by Crippen LogP contribution is -2.37. The molecule has 2 unspecified atom stereocenters. The molecule has 2 heteroatoms. The highest BCUT2D eigenvalue weighted by atomic mass is 15.1.